The van der Waals surface area contributed by atoms with Gasteiger partial charge in [-0.05, 0) is 6.42 Å². The van der Waals surface area contributed by atoms with Crippen LogP contribution in [0.1, 0.15) is 32.6 Å². The summed E-state index contributed by atoms with van der Waals surface area (Å²) in [7, 11) is 0. The van der Waals surface area contributed by atoms with Gasteiger partial charge in [0.2, 0.25) is 6.34 Å². The topological polar surface area (TPSA) is 61.7 Å². The van der Waals surface area contributed by atoms with Gasteiger partial charge in [-0.2, -0.15) is 0 Å². The lowest BCUT2D eigenvalue weighted by Crippen LogP contribution is -2.40. The molecule has 0 spiro atoms. The average Bonchev–Trinajstić information content (AvgIpc) is 2.52. The number of hydrogen-bond acceptors (Lipinski definition) is 4. The zero-order valence-corrected chi connectivity index (χ0v) is 8.44. The molecule has 0 aromatic heterocycles. The maximum atomic E-state index is 11.5. The SMILES string of the molecule is CCCCCC(=O)O[N+]1([O-])C=NCC1. The molecular weight excluding hydrogens is 184 g/mol. The predicted octanol–water partition coefficient (Wildman–Crippen LogP) is 1.38. The molecule has 1 heterocycles. The Morgan fingerprint density at radius 1 is 1.64 bits per heavy atom. The molecule has 80 valence electrons. The van der Waals surface area contributed by atoms with Crippen LogP contribution in [0.5, 0.6) is 0 Å². The maximum Gasteiger partial charge on any atom is 0.367 e. The Morgan fingerprint density at radius 3 is 3.00 bits per heavy atom. The van der Waals surface area contributed by atoms with E-state index in [1.807, 2.05) is 0 Å². The predicted molar refractivity (Wildman–Crippen MR) is 52.1 cm³/mol. The number of rotatable bonds is 5. The molecule has 1 unspecified atom stereocenters. The summed E-state index contributed by atoms with van der Waals surface area (Å²) in [6, 6.07) is 0. The second-order valence-electron chi connectivity index (χ2n) is 3.39. The molecule has 14 heavy (non-hydrogen) atoms. The van der Waals surface area contributed by atoms with Crippen LogP contribution in [0.4, 0.5) is 0 Å². The van der Waals surface area contributed by atoms with Gasteiger partial charge < -0.3 is 5.21 Å². The van der Waals surface area contributed by atoms with Crippen LogP contribution >= 0.6 is 0 Å². The minimum atomic E-state index is -1.04. The van der Waals surface area contributed by atoms with E-state index >= 15 is 0 Å². The number of nitrogens with zero attached hydrogens (tertiary/aromatic N) is 2. The third kappa shape index (κ3) is 3.43. The highest BCUT2D eigenvalue weighted by Gasteiger charge is 2.25. The Hall–Kier alpha value is -0.940. The fourth-order valence-electron chi connectivity index (χ4n) is 1.24. The molecule has 0 aliphatic carbocycles. The fourth-order valence-corrected chi connectivity index (χ4v) is 1.24. The van der Waals surface area contributed by atoms with Crippen molar-refractivity contribution in [3.05, 3.63) is 5.21 Å². The molecule has 0 radical (unpaired) electrons. The van der Waals surface area contributed by atoms with E-state index in [9.17, 15) is 10.0 Å². The van der Waals surface area contributed by atoms with Crippen molar-refractivity contribution >= 4 is 12.3 Å². The lowest BCUT2D eigenvalue weighted by atomic mass is 10.2. The lowest BCUT2D eigenvalue weighted by Gasteiger charge is -2.28. The van der Waals surface area contributed by atoms with Crippen LogP contribution in [0.15, 0.2) is 4.99 Å². The lowest BCUT2D eigenvalue weighted by molar-refractivity contribution is -0.966. The molecular formula is C9H16N2O3. The van der Waals surface area contributed by atoms with Crippen molar-refractivity contribution in [3.63, 3.8) is 0 Å². The highest BCUT2D eigenvalue weighted by molar-refractivity contribution is 5.69. The Bertz CT molecular complexity index is 230. The molecule has 0 saturated carbocycles. The summed E-state index contributed by atoms with van der Waals surface area (Å²) in [4.78, 5) is 18.6. The Morgan fingerprint density at radius 2 is 2.43 bits per heavy atom. The van der Waals surface area contributed by atoms with Crippen molar-refractivity contribution in [2.45, 2.75) is 32.6 Å². The molecule has 0 aromatic carbocycles. The number of hydroxylamine groups is 4. The number of unbranched alkanes of at least 4 members (excludes halogenated alkanes) is 2. The number of carbonyl (C=O) groups excluding carboxylic acids is 1. The molecule has 1 aliphatic heterocycles. The molecule has 0 amide bonds. The summed E-state index contributed by atoms with van der Waals surface area (Å²) >= 11 is 0. The highest BCUT2D eigenvalue weighted by Crippen LogP contribution is 2.10. The number of aliphatic imine (C=N–C) groups is 1. The summed E-state index contributed by atoms with van der Waals surface area (Å²) in [5.41, 5.74) is 0. The van der Waals surface area contributed by atoms with E-state index in [2.05, 4.69) is 11.9 Å². The Balaban J connectivity index is 2.22. The van der Waals surface area contributed by atoms with Gasteiger partial charge in [0, 0.05) is 0 Å². The van der Waals surface area contributed by atoms with Crippen molar-refractivity contribution in [2.24, 2.45) is 4.99 Å². The van der Waals surface area contributed by atoms with Gasteiger partial charge in [-0.15, -0.1) is 4.81 Å². The third-order valence-corrected chi connectivity index (χ3v) is 2.04. The highest BCUT2D eigenvalue weighted by atomic mass is 16.9. The molecule has 0 N–H and O–H groups in total. The fraction of sp³-hybridized carbons (Fsp3) is 0.778. The van der Waals surface area contributed by atoms with Gasteiger partial charge >= 0.3 is 5.97 Å². The maximum absolute atomic E-state index is 11.5. The van der Waals surface area contributed by atoms with Crippen LogP contribution in [0.3, 0.4) is 0 Å². The standard InChI is InChI=1S/C9H16N2O3/c1-2-3-4-5-9(12)14-11(13)7-6-10-8-11/h8H,2-7H2,1H3. The van der Waals surface area contributed by atoms with Crippen LogP contribution in [0, 0.1) is 5.21 Å². The Labute approximate surface area is 83.5 Å². The summed E-state index contributed by atoms with van der Waals surface area (Å²) in [6.07, 6.45) is 4.28. The second-order valence-corrected chi connectivity index (χ2v) is 3.39. The largest absolute Gasteiger partial charge is 0.583 e. The molecule has 5 nitrogen and oxygen atoms in total. The summed E-state index contributed by atoms with van der Waals surface area (Å²) < 4.78 is 0. The first-order valence-corrected chi connectivity index (χ1v) is 4.98. The third-order valence-electron chi connectivity index (χ3n) is 2.04. The zero-order valence-electron chi connectivity index (χ0n) is 8.44. The van der Waals surface area contributed by atoms with E-state index in [-0.39, 0.29) is 6.54 Å². The molecule has 5 heteroatoms. The molecule has 1 aliphatic rings. The average molecular weight is 200 g/mol. The molecule has 0 fully saturated rings. The Kier molecular flexibility index (Phi) is 4.03. The van der Waals surface area contributed by atoms with Crippen molar-refractivity contribution < 1.29 is 14.4 Å². The van der Waals surface area contributed by atoms with Crippen molar-refractivity contribution in [1.29, 1.82) is 0 Å². The van der Waals surface area contributed by atoms with Crippen LogP contribution in [0.25, 0.3) is 0 Å². The second kappa shape index (κ2) is 5.07. The molecule has 0 aromatic rings. The van der Waals surface area contributed by atoms with Crippen LogP contribution in [-0.2, 0) is 9.63 Å². The smallest absolute Gasteiger partial charge is 0.367 e. The quantitative estimate of drug-likeness (QED) is 0.382. The van der Waals surface area contributed by atoms with Gasteiger partial charge in [0.25, 0.3) is 0 Å². The first-order valence-electron chi connectivity index (χ1n) is 4.98. The van der Waals surface area contributed by atoms with E-state index in [1.165, 1.54) is 0 Å². The minimum absolute atomic E-state index is 0.208. The van der Waals surface area contributed by atoms with Crippen LogP contribution in [-0.4, -0.2) is 30.2 Å². The summed E-state index contributed by atoms with van der Waals surface area (Å²) in [6.45, 7) is 2.70. The van der Waals surface area contributed by atoms with Crippen LogP contribution < -0.4 is 0 Å². The summed E-state index contributed by atoms with van der Waals surface area (Å²) in [5.74, 6) is -0.429. The zero-order chi connectivity index (χ0) is 10.4. The molecule has 0 saturated heterocycles. The first-order chi connectivity index (χ1) is 6.66. The number of carbonyl (C=O) groups is 1. The molecule has 1 rings (SSSR count). The normalized spacial score (nSPS) is 25.3. The van der Waals surface area contributed by atoms with E-state index in [0.29, 0.717) is 13.0 Å². The van der Waals surface area contributed by atoms with Crippen molar-refractivity contribution in [2.75, 3.05) is 13.1 Å². The van der Waals surface area contributed by atoms with Gasteiger partial charge in [0.1, 0.15) is 6.54 Å². The van der Waals surface area contributed by atoms with Gasteiger partial charge in [-0.1, -0.05) is 19.8 Å². The number of quaternary nitrogens is 1. The van der Waals surface area contributed by atoms with Crippen LogP contribution in [0.2, 0.25) is 0 Å². The minimum Gasteiger partial charge on any atom is -0.583 e. The van der Waals surface area contributed by atoms with E-state index in [0.717, 1.165) is 25.6 Å². The monoisotopic (exact) mass is 200 g/mol. The van der Waals surface area contributed by atoms with Gasteiger partial charge in [0.05, 0.1) is 13.0 Å². The molecule has 0 bridgehead atoms. The van der Waals surface area contributed by atoms with Gasteiger partial charge in [-0.3, -0.25) is 4.84 Å². The summed E-state index contributed by atoms with van der Waals surface area (Å²) in [5, 5.41) is 11.5. The van der Waals surface area contributed by atoms with E-state index < -0.39 is 10.8 Å². The first kappa shape index (κ1) is 11.1. The van der Waals surface area contributed by atoms with E-state index in [1.54, 1.807) is 0 Å². The van der Waals surface area contributed by atoms with Gasteiger partial charge in [-0.25, -0.2) is 9.79 Å². The van der Waals surface area contributed by atoms with Gasteiger partial charge in [0.15, 0.2) is 0 Å². The van der Waals surface area contributed by atoms with Crippen molar-refractivity contribution in [1.82, 2.24) is 0 Å². The molecule has 1 atom stereocenters. The van der Waals surface area contributed by atoms with E-state index in [4.69, 9.17) is 4.84 Å². The van der Waals surface area contributed by atoms with Crippen molar-refractivity contribution in [3.8, 4) is 0 Å². The number of hydrogen-bond donors (Lipinski definition) is 0.